The van der Waals surface area contributed by atoms with Crippen molar-refractivity contribution in [2.24, 2.45) is 0 Å². The van der Waals surface area contributed by atoms with Crippen LogP contribution in [0, 0.1) is 6.92 Å². The van der Waals surface area contributed by atoms with E-state index in [-0.39, 0.29) is 24.0 Å². The van der Waals surface area contributed by atoms with Crippen LogP contribution in [0.25, 0.3) is 0 Å². The Morgan fingerprint density at radius 2 is 1.88 bits per heavy atom. The topological polar surface area (TPSA) is 52.6 Å². The number of rotatable bonds is 7. The molecule has 0 bridgehead atoms. The standard InChI is InChI=1S/C28H36O4/c1-11-17(4)20(7)22(12-2)28(16-19(6)25(29)31-13-3)23-15-21(27(8,9)10)14-18(5)24(23)32-26(28)30/h11-12,14-15H,1,6,13,16H2,2-5,7-10H3/b20-17-,22-12+. The molecular formula is C28H36O4. The molecule has 1 atom stereocenters. The fraction of sp³-hybridized carbons (Fsp3) is 0.429. The molecule has 4 nitrogen and oxygen atoms in total. The first-order valence-electron chi connectivity index (χ1n) is 11.0. The van der Waals surface area contributed by atoms with Crippen LogP contribution >= 0.6 is 0 Å². The van der Waals surface area contributed by atoms with Crippen molar-refractivity contribution in [1.29, 1.82) is 0 Å². The Morgan fingerprint density at radius 1 is 1.25 bits per heavy atom. The fourth-order valence-corrected chi connectivity index (χ4v) is 4.24. The third-order valence-corrected chi connectivity index (χ3v) is 6.24. The van der Waals surface area contributed by atoms with E-state index >= 15 is 0 Å². The third kappa shape index (κ3) is 4.36. The summed E-state index contributed by atoms with van der Waals surface area (Å²) in [4.78, 5) is 26.2. The molecule has 1 aromatic carbocycles. The first-order chi connectivity index (χ1) is 14.8. The third-order valence-electron chi connectivity index (χ3n) is 6.24. The van der Waals surface area contributed by atoms with Crippen LogP contribution in [0.15, 0.2) is 59.7 Å². The zero-order chi connectivity index (χ0) is 24.4. The molecule has 0 fully saturated rings. The summed E-state index contributed by atoms with van der Waals surface area (Å²) in [6, 6.07) is 4.11. The minimum atomic E-state index is -1.20. The van der Waals surface area contributed by atoms with Crippen LogP contribution in [-0.4, -0.2) is 18.5 Å². The molecule has 0 aliphatic carbocycles. The molecule has 0 amide bonds. The molecule has 1 unspecified atom stereocenters. The van der Waals surface area contributed by atoms with Gasteiger partial charge in [0.2, 0.25) is 0 Å². The van der Waals surface area contributed by atoms with Gasteiger partial charge in [-0.25, -0.2) is 4.79 Å². The predicted molar refractivity (Wildman–Crippen MR) is 130 cm³/mol. The molecule has 4 heteroatoms. The van der Waals surface area contributed by atoms with Gasteiger partial charge in [-0.3, -0.25) is 4.79 Å². The number of benzene rings is 1. The van der Waals surface area contributed by atoms with Crippen molar-refractivity contribution in [2.75, 3.05) is 6.61 Å². The summed E-state index contributed by atoms with van der Waals surface area (Å²) in [6.45, 7) is 24.0. The van der Waals surface area contributed by atoms with Gasteiger partial charge in [0.25, 0.3) is 0 Å². The second-order valence-corrected chi connectivity index (χ2v) is 9.43. The maximum Gasteiger partial charge on any atom is 0.333 e. The minimum absolute atomic E-state index is 0.0755. The number of hydrogen-bond donors (Lipinski definition) is 0. The van der Waals surface area contributed by atoms with E-state index in [4.69, 9.17) is 9.47 Å². The van der Waals surface area contributed by atoms with E-state index in [1.165, 1.54) is 0 Å². The number of carbonyl (C=O) groups excluding carboxylic acids is 2. The van der Waals surface area contributed by atoms with Crippen molar-refractivity contribution in [3.63, 3.8) is 0 Å². The quantitative estimate of drug-likeness (QED) is 0.214. The highest BCUT2D eigenvalue weighted by molar-refractivity contribution is 5.99. The largest absolute Gasteiger partial charge is 0.463 e. The van der Waals surface area contributed by atoms with Crippen molar-refractivity contribution in [2.45, 2.75) is 72.6 Å². The van der Waals surface area contributed by atoms with E-state index in [0.29, 0.717) is 5.75 Å². The van der Waals surface area contributed by atoms with Gasteiger partial charge in [-0.2, -0.15) is 0 Å². The van der Waals surface area contributed by atoms with E-state index in [0.717, 1.165) is 33.4 Å². The molecule has 0 aromatic heterocycles. The molecular weight excluding hydrogens is 400 g/mol. The van der Waals surface area contributed by atoms with E-state index in [1.807, 2.05) is 39.8 Å². The van der Waals surface area contributed by atoms with Gasteiger partial charge < -0.3 is 9.47 Å². The number of allylic oxidation sites excluding steroid dienone is 4. The van der Waals surface area contributed by atoms with Crippen LogP contribution in [0.4, 0.5) is 0 Å². The van der Waals surface area contributed by atoms with Gasteiger partial charge >= 0.3 is 11.9 Å². The van der Waals surface area contributed by atoms with E-state index in [9.17, 15) is 9.59 Å². The number of fused-ring (bicyclic) bond motifs is 1. The lowest BCUT2D eigenvalue weighted by molar-refractivity contribution is -0.139. The van der Waals surface area contributed by atoms with Gasteiger partial charge in [0.15, 0.2) is 0 Å². The summed E-state index contributed by atoms with van der Waals surface area (Å²) in [7, 11) is 0. The van der Waals surface area contributed by atoms with Crippen LogP contribution in [-0.2, 0) is 25.2 Å². The van der Waals surface area contributed by atoms with Crippen molar-refractivity contribution < 1.29 is 19.1 Å². The van der Waals surface area contributed by atoms with Crippen LogP contribution in [0.1, 0.15) is 71.6 Å². The molecule has 1 aliphatic rings. The normalized spacial score (nSPS) is 19.1. The van der Waals surface area contributed by atoms with Crippen molar-refractivity contribution >= 4 is 11.9 Å². The summed E-state index contributed by atoms with van der Waals surface area (Å²) in [5.41, 5.74) is 4.31. The smallest absolute Gasteiger partial charge is 0.333 e. The van der Waals surface area contributed by atoms with E-state index in [2.05, 4.69) is 40.0 Å². The van der Waals surface area contributed by atoms with Crippen LogP contribution in [0.5, 0.6) is 5.75 Å². The molecule has 0 spiro atoms. The molecule has 0 N–H and O–H groups in total. The maximum atomic E-state index is 13.7. The van der Waals surface area contributed by atoms with Crippen LogP contribution in [0.3, 0.4) is 0 Å². The SMILES string of the molecule is C=C/C(C)=C(C)\C(=C/C)C1(CC(=C)C(=O)OCC)C(=O)Oc2c(C)cc(C(C)(C)C)cc21. The van der Waals surface area contributed by atoms with Crippen LogP contribution in [0.2, 0.25) is 0 Å². The lowest BCUT2D eigenvalue weighted by Crippen LogP contribution is -2.38. The van der Waals surface area contributed by atoms with Gasteiger partial charge in [-0.1, -0.05) is 58.2 Å². The Morgan fingerprint density at radius 3 is 2.38 bits per heavy atom. The molecule has 1 heterocycles. The zero-order valence-corrected chi connectivity index (χ0v) is 20.8. The summed E-state index contributed by atoms with van der Waals surface area (Å²) in [5.74, 6) is -0.353. The molecule has 32 heavy (non-hydrogen) atoms. The molecule has 0 radical (unpaired) electrons. The number of ether oxygens (including phenoxy) is 2. The number of hydrogen-bond acceptors (Lipinski definition) is 4. The predicted octanol–water partition coefficient (Wildman–Crippen LogP) is 6.43. The average Bonchev–Trinajstić information content (AvgIpc) is 3.00. The second-order valence-electron chi connectivity index (χ2n) is 9.43. The highest BCUT2D eigenvalue weighted by Gasteiger charge is 2.53. The van der Waals surface area contributed by atoms with E-state index < -0.39 is 17.4 Å². The van der Waals surface area contributed by atoms with Crippen LogP contribution < -0.4 is 4.74 Å². The minimum Gasteiger partial charge on any atom is -0.463 e. The Hall–Kier alpha value is -2.88. The maximum absolute atomic E-state index is 13.7. The monoisotopic (exact) mass is 436 g/mol. The summed E-state index contributed by atoms with van der Waals surface area (Å²) in [6.07, 6.45) is 3.77. The first kappa shape index (κ1) is 25.4. The lowest BCUT2D eigenvalue weighted by atomic mass is 9.67. The van der Waals surface area contributed by atoms with Gasteiger partial charge in [0, 0.05) is 17.6 Å². The molecule has 172 valence electrons. The Labute approximate surface area is 192 Å². The molecule has 1 aromatic rings. The average molecular weight is 437 g/mol. The molecule has 1 aliphatic heterocycles. The van der Waals surface area contributed by atoms with Gasteiger partial charge in [0.05, 0.1) is 6.61 Å². The highest BCUT2D eigenvalue weighted by Crippen LogP contribution is 2.52. The summed E-state index contributed by atoms with van der Waals surface area (Å²) in [5, 5.41) is 0. The summed E-state index contributed by atoms with van der Waals surface area (Å²) < 4.78 is 11.1. The Kier molecular flexibility index (Phi) is 7.39. The Balaban J connectivity index is 2.91. The Bertz CT molecular complexity index is 1030. The number of carbonyl (C=O) groups is 2. The first-order valence-corrected chi connectivity index (χ1v) is 11.0. The van der Waals surface area contributed by atoms with Gasteiger partial charge in [-0.15, -0.1) is 0 Å². The van der Waals surface area contributed by atoms with Crippen molar-refractivity contribution in [3.05, 3.63) is 76.4 Å². The van der Waals surface area contributed by atoms with Crippen molar-refractivity contribution in [1.82, 2.24) is 0 Å². The second kappa shape index (κ2) is 9.32. The van der Waals surface area contributed by atoms with E-state index in [1.54, 1.807) is 13.0 Å². The fourth-order valence-electron chi connectivity index (χ4n) is 4.24. The van der Waals surface area contributed by atoms with Gasteiger partial charge in [-0.05, 0) is 67.9 Å². The highest BCUT2D eigenvalue weighted by atomic mass is 16.5. The molecule has 0 saturated carbocycles. The zero-order valence-electron chi connectivity index (χ0n) is 20.8. The lowest BCUT2D eigenvalue weighted by Gasteiger charge is -2.32. The molecule has 2 rings (SSSR count). The number of esters is 2. The van der Waals surface area contributed by atoms with Gasteiger partial charge in [0.1, 0.15) is 11.2 Å². The van der Waals surface area contributed by atoms with Crippen molar-refractivity contribution in [3.8, 4) is 5.75 Å². The summed E-state index contributed by atoms with van der Waals surface area (Å²) >= 11 is 0. The molecule has 0 saturated heterocycles. The number of aryl methyl sites for hydroxylation is 1.